The van der Waals surface area contributed by atoms with Crippen LogP contribution in [0.2, 0.25) is 0 Å². The number of ether oxygens (including phenoxy) is 3. The monoisotopic (exact) mass is 678 g/mol. The summed E-state index contributed by atoms with van der Waals surface area (Å²) in [5.41, 5.74) is -1.94. The Labute approximate surface area is 287 Å². The Balaban J connectivity index is 1.72. The molecule has 48 heavy (non-hydrogen) atoms. The third kappa shape index (κ3) is 12.2. The third-order valence-electron chi connectivity index (χ3n) is 9.85. The summed E-state index contributed by atoms with van der Waals surface area (Å²) in [6, 6.07) is 0. The van der Waals surface area contributed by atoms with Crippen molar-refractivity contribution in [1.29, 1.82) is 0 Å². The van der Waals surface area contributed by atoms with E-state index in [0.717, 1.165) is 19.6 Å². The molecule has 3 aliphatic rings. The van der Waals surface area contributed by atoms with Gasteiger partial charge in [0.1, 0.15) is 11.7 Å². The van der Waals surface area contributed by atoms with Crippen molar-refractivity contribution in [3.8, 4) is 0 Å². The third-order valence-corrected chi connectivity index (χ3v) is 9.85. The van der Waals surface area contributed by atoms with E-state index in [0.29, 0.717) is 37.4 Å². The van der Waals surface area contributed by atoms with E-state index >= 15 is 0 Å². The number of allylic oxidation sites excluding steroid dienone is 2. The number of amides is 1. The van der Waals surface area contributed by atoms with Crippen molar-refractivity contribution < 1.29 is 44.2 Å². The van der Waals surface area contributed by atoms with Gasteiger partial charge in [0.15, 0.2) is 6.10 Å². The quantitative estimate of drug-likeness (QED) is 0.109. The number of rotatable bonds is 11. The van der Waals surface area contributed by atoms with Crippen molar-refractivity contribution in [1.82, 2.24) is 9.80 Å². The van der Waals surface area contributed by atoms with E-state index < -0.39 is 47.7 Å². The van der Waals surface area contributed by atoms with E-state index in [-0.39, 0.29) is 43.3 Å². The molecule has 10 unspecified atom stereocenters. The number of carbonyl (C=O) groups is 2. The molecule has 274 valence electrons. The van der Waals surface area contributed by atoms with Gasteiger partial charge in [0.2, 0.25) is 0 Å². The Morgan fingerprint density at radius 3 is 2.50 bits per heavy atom. The topological polar surface area (TPSA) is 153 Å². The second-order valence-corrected chi connectivity index (χ2v) is 15.2. The Kier molecular flexibility index (Phi) is 14.7. The summed E-state index contributed by atoms with van der Waals surface area (Å²) in [7, 11) is 0. The summed E-state index contributed by atoms with van der Waals surface area (Å²) in [5.74, 6) is -0.408. The number of piperazine rings is 1. The molecular weight excluding hydrogens is 616 g/mol. The standard InChI is InChI=1S/C37H62N2O9/c1-9-29(41)27(6)34-30(46-34)22-36(7,44)15-10-11-25(4)33-26(5)12-13-31(37(8,45)16-14-28(40)21-32(42)48-33)47-35(43)39-19-17-38(18-20-39)23-24(2)3/h10-13,15,24,26-31,33-34,40-41,44-45H,9,14,16-23H2,1-8H3. The van der Waals surface area contributed by atoms with Crippen LogP contribution in [0, 0.1) is 17.8 Å². The van der Waals surface area contributed by atoms with E-state index in [2.05, 4.69) is 18.7 Å². The van der Waals surface area contributed by atoms with Crippen molar-refractivity contribution in [2.24, 2.45) is 17.8 Å². The minimum atomic E-state index is -1.49. The molecule has 3 aliphatic heterocycles. The molecular formula is C37H62N2O9. The van der Waals surface area contributed by atoms with Crippen molar-refractivity contribution in [3.63, 3.8) is 0 Å². The van der Waals surface area contributed by atoms with Crippen molar-refractivity contribution in [3.05, 3.63) is 36.0 Å². The van der Waals surface area contributed by atoms with Crippen LogP contribution in [0.4, 0.5) is 4.79 Å². The van der Waals surface area contributed by atoms with Crippen LogP contribution in [0.1, 0.15) is 87.5 Å². The van der Waals surface area contributed by atoms with Crippen molar-refractivity contribution >= 4 is 12.1 Å². The summed E-state index contributed by atoms with van der Waals surface area (Å²) in [6.45, 7) is 18.8. The normalized spacial score (nSPS) is 33.8. The van der Waals surface area contributed by atoms with Gasteiger partial charge < -0.3 is 39.5 Å². The lowest BCUT2D eigenvalue weighted by Gasteiger charge is -2.37. The van der Waals surface area contributed by atoms with E-state index in [9.17, 15) is 30.0 Å². The van der Waals surface area contributed by atoms with E-state index in [1.807, 2.05) is 27.7 Å². The maximum atomic E-state index is 13.2. The number of cyclic esters (lactones) is 1. The lowest BCUT2D eigenvalue weighted by atomic mass is 9.88. The fourth-order valence-electron chi connectivity index (χ4n) is 6.61. The van der Waals surface area contributed by atoms with Crippen LogP contribution < -0.4 is 0 Å². The lowest BCUT2D eigenvalue weighted by Crippen LogP contribution is -2.51. The number of carbonyl (C=O) groups excluding carboxylic acids is 2. The molecule has 2 saturated heterocycles. The molecule has 11 nitrogen and oxygen atoms in total. The van der Waals surface area contributed by atoms with Gasteiger partial charge in [-0.3, -0.25) is 9.69 Å². The Bertz CT molecular complexity index is 1140. The molecule has 3 rings (SSSR count). The second-order valence-electron chi connectivity index (χ2n) is 15.2. The maximum absolute atomic E-state index is 13.2. The van der Waals surface area contributed by atoms with E-state index in [4.69, 9.17) is 14.2 Å². The first kappa shape index (κ1) is 40.2. The number of hydrogen-bond donors (Lipinski definition) is 4. The summed E-state index contributed by atoms with van der Waals surface area (Å²) in [6.07, 6.45) is 5.74. The highest BCUT2D eigenvalue weighted by molar-refractivity contribution is 5.70. The molecule has 10 atom stereocenters. The molecule has 11 heteroatoms. The number of hydrogen-bond acceptors (Lipinski definition) is 10. The molecule has 0 aromatic heterocycles. The van der Waals surface area contributed by atoms with Crippen LogP contribution in [0.3, 0.4) is 0 Å². The zero-order chi connectivity index (χ0) is 35.8. The fraction of sp³-hybridized carbons (Fsp3) is 0.784. The van der Waals surface area contributed by atoms with Crippen LogP contribution in [-0.4, -0.2) is 123 Å². The number of aliphatic hydroxyl groups excluding tert-OH is 2. The zero-order valence-electron chi connectivity index (χ0n) is 30.4. The zero-order valence-corrected chi connectivity index (χ0v) is 30.4. The minimum Gasteiger partial charge on any atom is -0.457 e. The van der Waals surface area contributed by atoms with Crippen LogP contribution in [0.25, 0.3) is 0 Å². The molecule has 2 fully saturated rings. The average molecular weight is 679 g/mol. The predicted octanol–water partition coefficient (Wildman–Crippen LogP) is 3.98. The molecule has 0 bridgehead atoms. The molecule has 0 saturated carbocycles. The largest absolute Gasteiger partial charge is 0.457 e. The van der Waals surface area contributed by atoms with Gasteiger partial charge in [-0.1, -0.05) is 58.9 Å². The van der Waals surface area contributed by atoms with Crippen LogP contribution in [0.5, 0.6) is 0 Å². The molecule has 0 aromatic carbocycles. The first-order valence-corrected chi connectivity index (χ1v) is 17.8. The first-order chi connectivity index (χ1) is 22.4. The molecule has 0 spiro atoms. The molecule has 3 heterocycles. The second kappa shape index (κ2) is 17.6. The number of esters is 1. The van der Waals surface area contributed by atoms with Gasteiger partial charge in [-0.25, -0.2) is 4.79 Å². The van der Waals surface area contributed by atoms with Gasteiger partial charge >= 0.3 is 12.1 Å². The number of aliphatic hydroxyl groups is 4. The van der Waals surface area contributed by atoms with Crippen LogP contribution >= 0.6 is 0 Å². The number of epoxide rings is 1. The van der Waals surface area contributed by atoms with E-state index in [1.165, 1.54) is 0 Å². The van der Waals surface area contributed by atoms with Crippen LogP contribution in [0.15, 0.2) is 36.0 Å². The minimum absolute atomic E-state index is 0.0112. The van der Waals surface area contributed by atoms with Crippen molar-refractivity contribution in [2.45, 2.75) is 135 Å². The summed E-state index contributed by atoms with van der Waals surface area (Å²) in [5, 5.41) is 43.2. The molecule has 0 aromatic rings. The SMILES string of the molecule is CCC(O)C(C)C1OC1CC(C)(O)C=CC=C(C)C1OC(=O)CC(O)CCC(C)(O)C(OC(=O)N2CCN(CC(C)C)CC2)C=CC1C. The molecule has 0 radical (unpaired) electrons. The highest BCUT2D eigenvalue weighted by Crippen LogP contribution is 2.37. The van der Waals surface area contributed by atoms with Gasteiger partial charge in [-0.15, -0.1) is 0 Å². The summed E-state index contributed by atoms with van der Waals surface area (Å²) in [4.78, 5) is 30.1. The van der Waals surface area contributed by atoms with Crippen LogP contribution in [-0.2, 0) is 19.0 Å². The lowest BCUT2D eigenvalue weighted by molar-refractivity contribution is -0.151. The number of nitrogens with zero attached hydrogens (tertiary/aromatic N) is 2. The Morgan fingerprint density at radius 2 is 1.88 bits per heavy atom. The molecule has 0 aliphatic carbocycles. The molecule has 1 amide bonds. The summed E-state index contributed by atoms with van der Waals surface area (Å²) >= 11 is 0. The van der Waals surface area contributed by atoms with Gasteiger partial charge in [-0.05, 0) is 57.6 Å². The van der Waals surface area contributed by atoms with E-state index in [1.54, 1.807) is 49.1 Å². The highest BCUT2D eigenvalue weighted by Gasteiger charge is 2.47. The average Bonchev–Trinajstić information content (AvgIpc) is 3.77. The van der Waals surface area contributed by atoms with Gasteiger partial charge in [0.25, 0.3) is 0 Å². The van der Waals surface area contributed by atoms with Gasteiger partial charge in [0.05, 0.1) is 36.4 Å². The Hall–Kier alpha value is -2.28. The highest BCUT2D eigenvalue weighted by atomic mass is 16.6. The smallest absolute Gasteiger partial charge is 0.410 e. The summed E-state index contributed by atoms with van der Waals surface area (Å²) < 4.78 is 17.5. The fourth-order valence-corrected chi connectivity index (χ4v) is 6.61. The molecule has 4 N–H and O–H groups in total. The first-order valence-electron chi connectivity index (χ1n) is 17.8. The van der Waals surface area contributed by atoms with Crippen molar-refractivity contribution in [2.75, 3.05) is 32.7 Å². The van der Waals surface area contributed by atoms with Gasteiger partial charge in [0, 0.05) is 51.0 Å². The predicted molar refractivity (Wildman–Crippen MR) is 184 cm³/mol. The van der Waals surface area contributed by atoms with Gasteiger partial charge in [-0.2, -0.15) is 0 Å². The maximum Gasteiger partial charge on any atom is 0.410 e. The Morgan fingerprint density at radius 1 is 1.21 bits per heavy atom.